The van der Waals surface area contributed by atoms with Crippen molar-refractivity contribution < 1.29 is 19.1 Å². The highest BCUT2D eigenvalue weighted by molar-refractivity contribution is 7.09. The smallest absolute Gasteiger partial charge is 0.412 e. The minimum atomic E-state index is -0.629. The number of hydrogen-bond donors (Lipinski definition) is 3. The number of urea groups is 1. The molecule has 3 aromatic rings. The van der Waals surface area contributed by atoms with Gasteiger partial charge in [0.2, 0.25) is 0 Å². The fraction of sp³-hybridized carbons (Fsp3) is 0.367. The van der Waals surface area contributed by atoms with Crippen LogP contribution in [0.15, 0.2) is 65.4 Å². The third-order valence-electron chi connectivity index (χ3n) is 5.77. The minimum Gasteiger partial charge on any atom is -0.444 e. The molecule has 40 heavy (non-hydrogen) atoms. The van der Waals surface area contributed by atoms with E-state index in [9.17, 15) is 14.4 Å². The van der Waals surface area contributed by atoms with E-state index in [1.807, 2.05) is 61.5 Å². The number of ether oxygens (including phenoxy) is 1. The molecule has 0 saturated heterocycles. The van der Waals surface area contributed by atoms with Crippen LogP contribution in [0.25, 0.3) is 0 Å². The van der Waals surface area contributed by atoms with Crippen LogP contribution in [-0.4, -0.2) is 67.2 Å². The van der Waals surface area contributed by atoms with E-state index in [2.05, 4.69) is 16.0 Å². The van der Waals surface area contributed by atoms with Crippen LogP contribution in [0.3, 0.4) is 0 Å². The molecule has 1 heterocycles. The van der Waals surface area contributed by atoms with Crippen LogP contribution in [-0.2, 0) is 17.7 Å². The molecular formula is C30H39N5O4S. The van der Waals surface area contributed by atoms with Crippen molar-refractivity contribution in [2.75, 3.05) is 44.4 Å². The lowest BCUT2D eigenvalue weighted by atomic mass is 10.1. The Kier molecular flexibility index (Phi) is 11.1. The molecule has 0 bridgehead atoms. The first-order valence-electron chi connectivity index (χ1n) is 13.2. The van der Waals surface area contributed by atoms with Gasteiger partial charge in [0.05, 0.1) is 11.4 Å². The summed E-state index contributed by atoms with van der Waals surface area (Å²) < 4.78 is 5.30. The summed E-state index contributed by atoms with van der Waals surface area (Å²) in [6.07, 6.45) is 0.172. The summed E-state index contributed by atoms with van der Waals surface area (Å²) in [7, 11) is 3.95. The predicted molar refractivity (Wildman–Crippen MR) is 161 cm³/mol. The largest absolute Gasteiger partial charge is 0.444 e. The normalized spacial score (nSPS) is 11.2. The second-order valence-electron chi connectivity index (χ2n) is 10.7. The van der Waals surface area contributed by atoms with E-state index in [1.54, 1.807) is 48.6 Å². The maximum atomic E-state index is 13.0. The number of nitrogens with zero attached hydrogens (tertiary/aromatic N) is 2. The second kappa shape index (κ2) is 14.5. The number of nitrogens with one attached hydrogen (secondary N) is 3. The van der Waals surface area contributed by atoms with Gasteiger partial charge in [-0.2, -0.15) is 0 Å². The Balaban J connectivity index is 1.58. The summed E-state index contributed by atoms with van der Waals surface area (Å²) in [5, 5.41) is 12.0. The van der Waals surface area contributed by atoms with Gasteiger partial charge in [-0.15, -0.1) is 11.3 Å². The zero-order chi connectivity index (χ0) is 29.1. The fourth-order valence-corrected chi connectivity index (χ4v) is 4.44. The molecule has 10 heteroatoms. The van der Waals surface area contributed by atoms with Crippen LogP contribution in [0.4, 0.5) is 21.0 Å². The molecule has 3 rings (SSSR count). The number of benzene rings is 2. The van der Waals surface area contributed by atoms with Crippen LogP contribution < -0.4 is 16.0 Å². The molecular weight excluding hydrogens is 526 g/mol. The molecule has 0 saturated carbocycles. The zero-order valence-corrected chi connectivity index (χ0v) is 24.6. The number of amides is 4. The lowest BCUT2D eigenvalue weighted by Gasteiger charge is -2.25. The average Bonchev–Trinajstić information content (AvgIpc) is 3.32. The van der Waals surface area contributed by atoms with Crippen molar-refractivity contribution in [1.82, 2.24) is 15.1 Å². The lowest BCUT2D eigenvalue weighted by molar-refractivity contribution is 0.0635. The quantitative estimate of drug-likeness (QED) is 0.278. The van der Waals surface area contributed by atoms with Gasteiger partial charge in [-0.1, -0.05) is 42.5 Å². The van der Waals surface area contributed by atoms with Crippen molar-refractivity contribution >= 4 is 40.7 Å². The molecule has 0 fully saturated rings. The average molecular weight is 566 g/mol. The summed E-state index contributed by atoms with van der Waals surface area (Å²) >= 11 is 1.35. The Morgan fingerprint density at radius 2 is 1.50 bits per heavy atom. The first-order valence-corrected chi connectivity index (χ1v) is 14.1. The highest BCUT2D eigenvalue weighted by Gasteiger charge is 2.19. The number of anilines is 2. The highest BCUT2D eigenvalue weighted by Crippen LogP contribution is 2.27. The fourth-order valence-electron chi connectivity index (χ4n) is 3.72. The lowest BCUT2D eigenvalue weighted by Crippen LogP contribution is -2.43. The van der Waals surface area contributed by atoms with Crippen molar-refractivity contribution in [3.05, 3.63) is 82.0 Å². The van der Waals surface area contributed by atoms with Gasteiger partial charge in [0.1, 0.15) is 5.60 Å². The third kappa shape index (κ3) is 10.3. The molecule has 3 N–H and O–H groups in total. The Hall–Kier alpha value is -3.89. The minimum absolute atomic E-state index is 0.123. The van der Waals surface area contributed by atoms with Crippen LogP contribution in [0.5, 0.6) is 0 Å². The summed E-state index contributed by atoms with van der Waals surface area (Å²) in [6, 6.07) is 17.1. The molecule has 0 spiro atoms. The molecule has 2 aromatic carbocycles. The summed E-state index contributed by atoms with van der Waals surface area (Å²) in [4.78, 5) is 41.8. The first-order chi connectivity index (χ1) is 19.0. The van der Waals surface area contributed by atoms with Gasteiger partial charge >= 0.3 is 12.1 Å². The number of rotatable bonds is 11. The molecule has 0 unspecified atom stereocenters. The number of hydrogen-bond acceptors (Lipinski definition) is 6. The molecule has 0 radical (unpaired) electrons. The van der Waals surface area contributed by atoms with Gasteiger partial charge in [-0.05, 0) is 64.5 Å². The molecule has 0 aliphatic carbocycles. The Morgan fingerprint density at radius 3 is 2.12 bits per heavy atom. The predicted octanol–water partition coefficient (Wildman–Crippen LogP) is 5.66. The summed E-state index contributed by atoms with van der Waals surface area (Å²) in [5.41, 5.74) is 2.88. The van der Waals surface area contributed by atoms with Gasteiger partial charge in [0, 0.05) is 42.5 Å². The molecule has 4 amide bonds. The molecule has 214 valence electrons. The number of carbonyl (C=O) groups excluding carboxylic acids is 3. The van der Waals surface area contributed by atoms with E-state index >= 15 is 0 Å². The van der Waals surface area contributed by atoms with Crippen molar-refractivity contribution in [3.8, 4) is 0 Å². The molecule has 0 aliphatic heterocycles. The van der Waals surface area contributed by atoms with E-state index in [1.165, 1.54) is 16.9 Å². The molecule has 1 aromatic heterocycles. The van der Waals surface area contributed by atoms with Gasteiger partial charge < -0.3 is 25.2 Å². The van der Waals surface area contributed by atoms with Crippen molar-refractivity contribution in [3.63, 3.8) is 0 Å². The first kappa shape index (κ1) is 30.6. The second-order valence-corrected chi connectivity index (χ2v) is 11.4. The van der Waals surface area contributed by atoms with Gasteiger partial charge in [0.15, 0.2) is 0 Å². The maximum Gasteiger partial charge on any atom is 0.412 e. The van der Waals surface area contributed by atoms with Crippen LogP contribution in [0.1, 0.15) is 42.3 Å². The molecule has 0 aliphatic rings. The van der Waals surface area contributed by atoms with E-state index in [0.29, 0.717) is 36.6 Å². The van der Waals surface area contributed by atoms with Gasteiger partial charge in [0.25, 0.3) is 5.91 Å². The third-order valence-corrected chi connectivity index (χ3v) is 6.52. The Bertz CT molecular complexity index is 1250. The van der Waals surface area contributed by atoms with E-state index in [4.69, 9.17) is 4.74 Å². The Morgan fingerprint density at radius 1 is 0.850 bits per heavy atom. The van der Waals surface area contributed by atoms with Crippen molar-refractivity contribution in [2.45, 2.75) is 39.3 Å². The van der Waals surface area contributed by atoms with Crippen LogP contribution in [0, 0.1) is 0 Å². The van der Waals surface area contributed by atoms with Crippen LogP contribution >= 0.6 is 11.3 Å². The summed E-state index contributed by atoms with van der Waals surface area (Å²) in [5.74, 6) is -0.305. The summed E-state index contributed by atoms with van der Waals surface area (Å²) in [6.45, 7) is 7.62. The van der Waals surface area contributed by atoms with Gasteiger partial charge in [-0.25, -0.2) is 9.59 Å². The molecule has 9 nitrogen and oxygen atoms in total. The monoisotopic (exact) mass is 565 g/mol. The Labute approximate surface area is 240 Å². The number of carbonyl (C=O) groups is 3. The zero-order valence-electron chi connectivity index (χ0n) is 23.8. The number of thiophene rings is 1. The van der Waals surface area contributed by atoms with Crippen molar-refractivity contribution in [1.29, 1.82) is 0 Å². The molecule has 0 atom stereocenters. The number of likely N-dealkylation sites (N-methyl/N-ethyl adjacent to an activating group) is 1. The maximum absolute atomic E-state index is 13.0. The van der Waals surface area contributed by atoms with E-state index in [-0.39, 0.29) is 11.9 Å². The van der Waals surface area contributed by atoms with Crippen molar-refractivity contribution in [2.24, 2.45) is 0 Å². The van der Waals surface area contributed by atoms with E-state index < -0.39 is 11.7 Å². The SMILES string of the molecule is CN(C)CCN(Cc1ccc(C(=O)Nc2cscc2NC(=O)OC(C)(C)C)cc1)C(=O)NCCc1ccccc1. The standard InChI is InChI=1S/C30H39N5O4S/c1-30(2,3)39-29(38)33-26-21-40-20-25(26)32-27(36)24-13-11-23(12-14-24)19-35(18-17-34(4)5)28(37)31-16-15-22-9-7-6-8-10-22/h6-14,20-21H,15-19H2,1-5H3,(H,31,37)(H,32,36)(H,33,38). The topological polar surface area (TPSA) is 103 Å². The van der Waals surface area contributed by atoms with Crippen LogP contribution in [0.2, 0.25) is 0 Å². The highest BCUT2D eigenvalue weighted by atomic mass is 32.1. The van der Waals surface area contributed by atoms with Gasteiger partial charge in [-0.3, -0.25) is 10.1 Å². The van der Waals surface area contributed by atoms with E-state index in [0.717, 1.165) is 18.5 Å².